The van der Waals surface area contributed by atoms with Gasteiger partial charge in [0.15, 0.2) is 0 Å². The molecule has 104 valence electrons. The summed E-state index contributed by atoms with van der Waals surface area (Å²) in [5, 5.41) is 12.5. The van der Waals surface area contributed by atoms with E-state index in [1.807, 2.05) is 0 Å². The Kier molecular flexibility index (Phi) is 4.25. The summed E-state index contributed by atoms with van der Waals surface area (Å²) < 4.78 is 13.0. The van der Waals surface area contributed by atoms with Gasteiger partial charge in [-0.3, -0.25) is 4.79 Å². The molecule has 2 aromatic rings. The van der Waals surface area contributed by atoms with Crippen molar-refractivity contribution < 1.29 is 14.3 Å². The standard InChI is InChI=1S/C15H13ClFNO2/c1-9-3-2-4-11(14(9)19)15(20)18-8-10-5-6-13(17)12(16)7-10/h2-7,19H,8H2,1H3,(H,18,20). The molecule has 0 radical (unpaired) electrons. The summed E-state index contributed by atoms with van der Waals surface area (Å²) in [6.45, 7) is 1.91. The summed E-state index contributed by atoms with van der Waals surface area (Å²) >= 11 is 5.66. The molecule has 2 aromatic carbocycles. The summed E-state index contributed by atoms with van der Waals surface area (Å²) in [7, 11) is 0. The van der Waals surface area contributed by atoms with Crippen LogP contribution >= 0.6 is 11.6 Å². The van der Waals surface area contributed by atoms with Gasteiger partial charge < -0.3 is 10.4 Å². The van der Waals surface area contributed by atoms with Crippen molar-refractivity contribution in [2.24, 2.45) is 0 Å². The van der Waals surface area contributed by atoms with E-state index < -0.39 is 11.7 Å². The molecule has 0 unspecified atom stereocenters. The van der Waals surface area contributed by atoms with Gasteiger partial charge in [-0.25, -0.2) is 4.39 Å². The number of phenolic OH excluding ortho intramolecular Hbond substituents is 1. The van der Waals surface area contributed by atoms with E-state index in [-0.39, 0.29) is 22.9 Å². The molecule has 0 fully saturated rings. The van der Waals surface area contributed by atoms with Crippen LogP contribution in [0.25, 0.3) is 0 Å². The molecule has 0 spiro atoms. The number of hydrogen-bond acceptors (Lipinski definition) is 2. The Labute approximate surface area is 121 Å². The molecule has 0 saturated heterocycles. The molecule has 3 nitrogen and oxygen atoms in total. The van der Waals surface area contributed by atoms with Crippen molar-refractivity contribution in [3.05, 3.63) is 63.9 Å². The third-order valence-electron chi connectivity index (χ3n) is 2.92. The highest BCUT2D eigenvalue weighted by Gasteiger charge is 2.12. The predicted molar refractivity (Wildman–Crippen MR) is 75.4 cm³/mol. The van der Waals surface area contributed by atoms with E-state index in [1.54, 1.807) is 19.1 Å². The van der Waals surface area contributed by atoms with Gasteiger partial charge in [-0.15, -0.1) is 0 Å². The number of benzene rings is 2. The average Bonchev–Trinajstić information content (AvgIpc) is 2.43. The van der Waals surface area contributed by atoms with Crippen LogP contribution in [-0.2, 0) is 6.54 Å². The van der Waals surface area contributed by atoms with Crippen molar-refractivity contribution in [3.8, 4) is 5.75 Å². The lowest BCUT2D eigenvalue weighted by Crippen LogP contribution is -2.23. The number of rotatable bonds is 3. The van der Waals surface area contributed by atoms with E-state index in [0.717, 1.165) is 0 Å². The molecule has 0 saturated carbocycles. The summed E-state index contributed by atoms with van der Waals surface area (Å²) in [5.74, 6) is -0.938. The smallest absolute Gasteiger partial charge is 0.255 e. The Morgan fingerprint density at radius 3 is 2.80 bits per heavy atom. The quantitative estimate of drug-likeness (QED) is 0.911. The van der Waals surface area contributed by atoms with Crippen LogP contribution in [0.2, 0.25) is 5.02 Å². The first-order valence-corrected chi connectivity index (χ1v) is 6.37. The first-order chi connectivity index (χ1) is 9.49. The topological polar surface area (TPSA) is 49.3 Å². The fraction of sp³-hybridized carbons (Fsp3) is 0.133. The summed E-state index contributed by atoms with van der Waals surface area (Å²) in [6, 6.07) is 9.18. The van der Waals surface area contributed by atoms with Crippen molar-refractivity contribution in [1.29, 1.82) is 0 Å². The van der Waals surface area contributed by atoms with Gasteiger partial charge in [-0.1, -0.05) is 29.8 Å². The number of carbonyl (C=O) groups excluding carboxylic acids is 1. The number of halogens is 2. The van der Waals surface area contributed by atoms with Crippen LogP contribution in [0.3, 0.4) is 0 Å². The molecule has 2 rings (SSSR count). The number of aryl methyl sites for hydroxylation is 1. The molecule has 0 aliphatic rings. The highest BCUT2D eigenvalue weighted by atomic mass is 35.5. The normalized spacial score (nSPS) is 10.3. The Bertz CT molecular complexity index is 658. The second-order valence-electron chi connectivity index (χ2n) is 4.40. The minimum Gasteiger partial charge on any atom is -0.507 e. The Hall–Kier alpha value is -2.07. The maximum absolute atomic E-state index is 13.0. The van der Waals surface area contributed by atoms with Crippen molar-refractivity contribution in [1.82, 2.24) is 5.32 Å². The SMILES string of the molecule is Cc1cccc(C(=O)NCc2ccc(F)c(Cl)c2)c1O. The van der Waals surface area contributed by atoms with Gasteiger partial charge in [-0.2, -0.15) is 0 Å². The van der Waals surface area contributed by atoms with Crippen LogP contribution in [0, 0.1) is 12.7 Å². The minimum absolute atomic E-state index is 0.00940. The molecular formula is C15H13ClFNO2. The fourth-order valence-electron chi connectivity index (χ4n) is 1.77. The molecule has 20 heavy (non-hydrogen) atoms. The van der Waals surface area contributed by atoms with Gasteiger partial charge in [-0.05, 0) is 36.2 Å². The maximum atomic E-state index is 13.0. The zero-order valence-corrected chi connectivity index (χ0v) is 11.5. The zero-order valence-electron chi connectivity index (χ0n) is 10.8. The molecule has 0 aromatic heterocycles. The van der Waals surface area contributed by atoms with Crippen LogP contribution < -0.4 is 5.32 Å². The highest BCUT2D eigenvalue weighted by molar-refractivity contribution is 6.30. The molecule has 0 bridgehead atoms. The molecule has 2 N–H and O–H groups in total. The molecular weight excluding hydrogens is 281 g/mol. The van der Waals surface area contributed by atoms with Crippen LogP contribution in [0.15, 0.2) is 36.4 Å². The van der Waals surface area contributed by atoms with Gasteiger partial charge in [0.25, 0.3) is 5.91 Å². The molecule has 1 amide bonds. The van der Waals surface area contributed by atoms with Crippen molar-refractivity contribution >= 4 is 17.5 Å². The lowest BCUT2D eigenvalue weighted by molar-refractivity contribution is 0.0948. The van der Waals surface area contributed by atoms with E-state index in [1.165, 1.54) is 24.3 Å². The molecule has 0 aliphatic heterocycles. The summed E-state index contributed by atoms with van der Waals surface area (Å²) in [4.78, 5) is 12.0. The number of nitrogens with one attached hydrogen (secondary N) is 1. The monoisotopic (exact) mass is 293 g/mol. The first-order valence-electron chi connectivity index (χ1n) is 5.99. The first kappa shape index (κ1) is 14.3. The lowest BCUT2D eigenvalue weighted by atomic mass is 10.1. The van der Waals surface area contributed by atoms with Crippen molar-refractivity contribution in [2.45, 2.75) is 13.5 Å². The second-order valence-corrected chi connectivity index (χ2v) is 4.81. The number of carbonyl (C=O) groups is 1. The van der Waals surface area contributed by atoms with E-state index in [4.69, 9.17) is 11.6 Å². The largest absolute Gasteiger partial charge is 0.507 e. The average molecular weight is 294 g/mol. The van der Waals surface area contributed by atoms with Crippen LogP contribution in [0.1, 0.15) is 21.5 Å². The van der Waals surface area contributed by atoms with Crippen molar-refractivity contribution in [3.63, 3.8) is 0 Å². The number of para-hydroxylation sites is 1. The summed E-state index contributed by atoms with van der Waals surface area (Å²) in [6.07, 6.45) is 0. The number of phenols is 1. The Balaban J connectivity index is 2.08. The molecule has 0 heterocycles. The zero-order chi connectivity index (χ0) is 14.7. The van der Waals surface area contributed by atoms with Crippen molar-refractivity contribution in [2.75, 3.05) is 0 Å². The Morgan fingerprint density at radius 1 is 1.35 bits per heavy atom. The predicted octanol–water partition coefficient (Wildman–Crippen LogP) is 3.42. The van der Waals surface area contributed by atoms with E-state index in [0.29, 0.717) is 11.1 Å². The van der Waals surface area contributed by atoms with E-state index in [9.17, 15) is 14.3 Å². The van der Waals surface area contributed by atoms with Gasteiger partial charge in [0.2, 0.25) is 0 Å². The van der Waals surface area contributed by atoms with Gasteiger partial charge in [0.05, 0.1) is 10.6 Å². The van der Waals surface area contributed by atoms with Crippen LogP contribution in [-0.4, -0.2) is 11.0 Å². The minimum atomic E-state index is -0.502. The number of hydrogen-bond donors (Lipinski definition) is 2. The molecule has 5 heteroatoms. The van der Waals surface area contributed by atoms with E-state index >= 15 is 0 Å². The molecule has 0 aliphatic carbocycles. The number of aromatic hydroxyl groups is 1. The van der Waals surface area contributed by atoms with Gasteiger partial charge in [0.1, 0.15) is 11.6 Å². The number of amides is 1. The fourth-order valence-corrected chi connectivity index (χ4v) is 1.97. The molecule has 0 atom stereocenters. The Morgan fingerprint density at radius 2 is 2.10 bits per heavy atom. The highest BCUT2D eigenvalue weighted by Crippen LogP contribution is 2.21. The van der Waals surface area contributed by atoms with Crippen LogP contribution in [0.4, 0.5) is 4.39 Å². The third-order valence-corrected chi connectivity index (χ3v) is 3.21. The van der Waals surface area contributed by atoms with Gasteiger partial charge in [0, 0.05) is 6.54 Å². The third kappa shape index (κ3) is 3.08. The summed E-state index contributed by atoms with van der Waals surface area (Å²) in [5.41, 5.74) is 1.51. The lowest BCUT2D eigenvalue weighted by Gasteiger charge is -2.08. The van der Waals surface area contributed by atoms with Crippen LogP contribution in [0.5, 0.6) is 5.75 Å². The maximum Gasteiger partial charge on any atom is 0.255 e. The van der Waals surface area contributed by atoms with E-state index in [2.05, 4.69) is 5.32 Å². The van der Waals surface area contributed by atoms with Gasteiger partial charge >= 0.3 is 0 Å². The second kappa shape index (κ2) is 5.92.